The van der Waals surface area contributed by atoms with E-state index in [-0.39, 0.29) is 5.54 Å². The first-order valence-corrected chi connectivity index (χ1v) is 6.78. The van der Waals surface area contributed by atoms with E-state index in [1.807, 2.05) is 6.20 Å². The van der Waals surface area contributed by atoms with E-state index >= 15 is 0 Å². The topological polar surface area (TPSA) is 43.8 Å². The van der Waals surface area contributed by atoms with Gasteiger partial charge in [0.05, 0.1) is 16.4 Å². The van der Waals surface area contributed by atoms with Gasteiger partial charge in [0, 0.05) is 12.1 Å². The minimum Gasteiger partial charge on any atom is -0.325 e. The van der Waals surface area contributed by atoms with Crippen molar-refractivity contribution in [2.75, 3.05) is 0 Å². The van der Waals surface area contributed by atoms with E-state index < -0.39 is 0 Å². The molecular weight excluding hydrogens is 266 g/mol. The van der Waals surface area contributed by atoms with Gasteiger partial charge in [0.2, 0.25) is 0 Å². The molecule has 4 heteroatoms. The van der Waals surface area contributed by atoms with Crippen molar-refractivity contribution in [1.29, 1.82) is 0 Å². The van der Waals surface area contributed by atoms with Gasteiger partial charge in [-0.2, -0.15) is 5.10 Å². The third-order valence-corrected chi connectivity index (χ3v) is 3.85. The Morgan fingerprint density at radius 1 is 1.56 bits per heavy atom. The number of nitrogens with zero attached hydrogens (tertiary/aromatic N) is 2. The largest absolute Gasteiger partial charge is 0.325 e. The van der Waals surface area contributed by atoms with Gasteiger partial charge in [0.25, 0.3) is 0 Å². The van der Waals surface area contributed by atoms with E-state index in [2.05, 4.69) is 39.6 Å². The fourth-order valence-electron chi connectivity index (χ4n) is 1.92. The van der Waals surface area contributed by atoms with Crippen LogP contribution in [0.2, 0.25) is 0 Å². The summed E-state index contributed by atoms with van der Waals surface area (Å²) in [6, 6.07) is 0. The van der Waals surface area contributed by atoms with E-state index in [0.717, 1.165) is 23.9 Å². The highest BCUT2D eigenvalue weighted by atomic mass is 79.9. The van der Waals surface area contributed by atoms with Crippen LogP contribution in [0.5, 0.6) is 0 Å². The molecule has 1 aromatic heterocycles. The molecule has 0 saturated heterocycles. The van der Waals surface area contributed by atoms with Gasteiger partial charge in [-0.15, -0.1) is 0 Å². The lowest BCUT2D eigenvalue weighted by molar-refractivity contribution is 0.460. The van der Waals surface area contributed by atoms with Crippen LogP contribution in [0, 0.1) is 5.92 Å². The zero-order chi connectivity index (χ0) is 11.8. The molecule has 0 bridgehead atoms. The number of hydrogen-bond acceptors (Lipinski definition) is 2. The van der Waals surface area contributed by atoms with E-state index in [1.54, 1.807) is 0 Å². The van der Waals surface area contributed by atoms with Gasteiger partial charge in [0.15, 0.2) is 0 Å². The van der Waals surface area contributed by atoms with Crippen molar-refractivity contribution < 1.29 is 0 Å². The van der Waals surface area contributed by atoms with Crippen molar-refractivity contribution in [3.63, 3.8) is 0 Å². The summed E-state index contributed by atoms with van der Waals surface area (Å²) in [6.07, 6.45) is 6.37. The van der Waals surface area contributed by atoms with Crippen LogP contribution in [-0.2, 0) is 13.0 Å². The summed E-state index contributed by atoms with van der Waals surface area (Å²) in [6.45, 7) is 5.41. The summed E-state index contributed by atoms with van der Waals surface area (Å²) in [5.74, 6) is 0.623. The average molecular weight is 286 g/mol. The van der Waals surface area contributed by atoms with Gasteiger partial charge in [-0.3, -0.25) is 4.68 Å². The summed E-state index contributed by atoms with van der Waals surface area (Å²) >= 11 is 3.57. The first kappa shape index (κ1) is 12.1. The lowest BCUT2D eigenvalue weighted by atomic mass is 10.1. The molecule has 2 N–H and O–H groups in total. The lowest BCUT2D eigenvalue weighted by Crippen LogP contribution is -2.23. The second-order valence-corrected chi connectivity index (χ2v) is 6.23. The maximum absolute atomic E-state index is 6.12. The van der Waals surface area contributed by atoms with Crippen LogP contribution >= 0.6 is 15.9 Å². The molecule has 3 nitrogen and oxygen atoms in total. The van der Waals surface area contributed by atoms with Crippen LogP contribution in [0.25, 0.3) is 0 Å². The second-order valence-electron chi connectivity index (χ2n) is 5.38. The molecule has 1 aliphatic carbocycles. The van der Waals surface area contributed by atoms with Crippen molar-refractivity contribution in [1.82, 2.24) is 9.78 Å². The van der Waals surface area contributed by atoms with Crippen molar-refractivity contribution in [2.45, 2.75) is 51.6 Å². The predicted molar refractivity (Wildman–Crippen MR) is 69.2 cm³/mol. The SMILES string of the molecule is CC(C)Cn1ncc(Br)c1CCC1(N)CC1. The fraction of sp³-hybridized carbons (Fsp3) is 0.750. The predicted octanol–water partition coefficient (Wildman–Crippen LogP) is 2.73. The highest BCUT2D eigenvalue weighted by Gasteiger charge is 2.37. The Bertz CT molecular complexity index is 366. The monoisotopic (exact) mass is 285 g/mol. The molecule has 90 valence electrons. The number of halogens is 1. The van der Waals surface area contributed by atoms with Gasteiger partial charge in [0.1, 0.15) is 0 Å². The maximum Gasteiger partial charge on any atom is 0.0635 e. The molecule has 0 amide bonds. The molecule has 1 heterocycles. The summed E-state index contributed by atoms with van der Waals surface area (Å²) < 4.78 is 3.23. The second kappa shape index (κ2) is 4.49. The summed E-state index contributed by atoms with van der Waals surface area (Å²) in [7, 11) is 0. The quantitative estimate of drug-likeness (QED) is 0.904. The molecule has 0 aliphatic heterocycles. The Morgan fingerprint density at radius 3 is 2.81 bits per heavy atom. The number of rotatable bonds is 5. The summed E-state index contributed by atoms with van der Waals surface area (Å²) in [4.78, 5) is 0. The fourth-order valence-corrected chi connectivity index (χ4v) is 2.41. The maximum atomic E-state index is 6.12. The van der Waals surface area contributed by atoms with Crippen molar-refractivity contribution >= 4 is 15.9 Å². The number of nitrogens with two attached hydrogens (primary N) is 1. The van der Waals surface area contributed by atoms with E-state index in [0.29, 0.717) is 5.92 Å². The number of aromatic nitrogens is 2. The Balaban J connectivity index is 2.02. The van der Waals surface area contributed by atoms with E-state index in [9.17, 15) is 0 Å². The van der Waals surface area contributed by atoms with E-state index in [1.165, 1.54) is 18.5 Å². The van der Waals surface area contributed by atoms with Crippen molar-refractivity contribution in [2.24, 2.45) is 11.7 Å². The minimum atomic E-state index is 0.131. The molecule has 1 aromatic rings. The molecular formula is C12H20BrN3. The van der Waals surface area contributed by atoms with Crippen LogP contribution in [0.15, 0.2) is 10.7 Å². The zero-order valence-corrected chi connectivity index (χ0v) is 11.6. The third-order valence-electron chi connectivity index (χ3n) is 3.19. The first-order chi connectivity index (χ1) is 7.50. The molecule has 0 unspecified atom stereocenters. The molecule has 0 atom stereocenters. The minimum absolute atomic E-state index is 0.131. The Hall–Kier alpha value is -0.350. The number of hydrogen-bond donors (Lipinski definition) is 1. The third kappa shape index (κ3) is 2.86. The Labute approximate surface area is 106 Å². The molecule has 16 heavy (non-hydrogen) atoms. The normalized spacial score (nSPS) is 18.1. The first-order valence-electron chi connectivity index (χ1n) is 5.99. The van der Waals surface area contributed by atoms with Gasteiger partial charge < -0.3 is 5.73 Å². The molecule has 1 fully saturated rings. The van der Waals surface area contributed by atoms with Gasteiger partial charge in [-0.25, -0.2) is 0 Å². The highest BCUT2D eigenvalue weighted by molar-refractivity contribution is 9.10. The summed E-state index contributed by atoms with van der Waals surface area (Å²) in [5, 5.41) is 4.41. The molecule has 1 saturated carbocycles. The van der Waals surface area contributed by atoms with Gasteiger partial charge >= 0.3 is 0 Å². The Kier molecular flexibility index (Phi) is 3.40. The van der Waals surface area contributed by atoms with Crippen LogP contribution < -0.4 is 5.73 Å². The zero-order valence-electron chi connectivity index (χ0n) is 10.0. The average Bonchev–Trinajstić information content (AvgIpc) is 2.83. The van der Waals surface area contributed by atoms with Crippen molar-refractivity contribution in [3.8, 4) is 0 Å². The molecule has 0 aromatic carbocycles. The highest BCUT2D eigenvalue weighted by Crippen LogP contribution is 2.37. The molecule has 0 radical (unpaired) electrons. The van der Waals surface area contributed by atoms with Crippen LogP contribution in [-0.4, -0.2) is 15.3 Å². The molecule has 1 aliphatic rings. The molecule has 2 rings (SSSR count). The Morgan fingerprint density at radius 2 is 2.25 bits per heavy atom. The van der Waals surface area contributed by atoms with Gasteiger partial charge in [-0.05, 0) is 47.5 Å². The standard InChI is InChI=1S/C12H20BrN3/c1-9(2)8-16-11(10(13)7-15-16)3-4-12(14)5-6-12/h7,9H,3-6,8,14H2,1-2H3. The lowest BCUT2D eigenvalue weighted by Gasteiger charge is -2.12. The molecule has 0 spiro atoms. The van der Waals surface area contributed by atoms with Crippen LogP contribution in [0.4, 0.5) is 0 Å². The van der Waals surface area contributed by atoms with E-state index in [4.69, 9.17) is 5.73 Å². The smallest absolute Gasteiger partial charge is 0.0635 e. The van der Waals surface area contributed by atoms with Crippen LogP contribution in [0.3, 0.4) is 0 Å². The summed E-state index contributed by atoms with van der Waals surface area (Å²) in [5.41, 5.74) is 7.55. The van der Waals surface area contributed by atoms with Gasteiger partial charge in [-0.1, -0.05) is 13.8 Å². The van der Waals surface area contributed by atoms with Crippen molar-refractivity contribution in [3.05, 3.63) is 16.4 Å². The van der Waals surface area contributed by atoms with Crippen LogP contribution in [0.1, 0.15) is 38.8 Å².